The molecule has 0 saturated carbocycles. The van der Waals surface area contributed by atoms with Crippen molar-refractivity contribution >= 4 is 54.8 Å². The molecular weight excluding hydrogens is 597 g/mol. The van der Waals surface area contributed by atoms with Gasteiger partial charge in [0.1, 0.15) is 0 Å². The van der Waals surface area contributed by atoms with Crippen LogP contribution >= 0.6 is 0 Å². The maximum absolute atomic E-state index is 5.37. The fourth-order valence-corrected chi connectivity index (χ4v) is 7.04. The number of fused-ring (bicyclic) bond motifs is 6. The Morgan fingerprint density at radius 2 is 1.29 bits per heavy atom. The molecule has 4 heteroatoms. The lowest BCUT2D eigenvalue weighted by Gasteiger charge is -2.13. The number of para-hydroxylation sites is 3. The van der Waals surface area contributed by atoms with Gasteiger partial charge in [-0.3, -0.25) is 4.57 Å². The van der Waals surface area contributed by atoms with Gasteiger partial charge >= 0.3 is 0 Å². The van der Waals surface area contributed by atoms with Gasteiger partial charge in [0.15, 0.2) is 0 Å². The van der Waals surface area contributed by atoms with Gasteiger partial charge in [-0.15, -0.1) is 0 Å². The summed E-state index contributed by atoms with van der Waals surface area (Å²) in [4.78, 5) is 10.6. The Morgan fingerprint density at radius 3 is 2.14 bits per heavy atom. The van der Waals surface area contributed by atoms with Crippen molar-refractivity contribution in [3.63, 3.8) is 0 Å². The molecule has 0 saturated heterocycles. The Labute approximate surface area is 284 Å². The summed E-state index contributed by atoms with van der Waals surface area (Å²) in [5.74, 6) is 0.639. The van der Waals surface area contributed by atoms with Gasteiger partial charge in [-0.05, 0) is 71.7 Å². The van der Waals surface area contributed by atoms with E-state index in [9.17, 15) is 0 Å². The highest BCUT2D eigenvalue weighted by Crippen LogP contribution is 2.38. The summed E-state index contributed by atoms with van der Waals surface area (Å²) in [5, 5.41) is 4.56. The third-order valence-electron chi connectivity index (χ3n) is 9.30. The number of allylic oxidation sites excluding steroid dienone is 9. The van der Waals surface area contributed by atoms with Crippen LogP contribution in [0.3, 0.4) is 0 Å². The second-order valence-corrected chi connectivity index (χ2v) is 12.3. The molecule has 0 N–H and O–H groups in total. The quantitative estimate of drug-likeness (QED) is 0.194. The van der Waals surface area contributed by atoms with Crippen molar-refractivity contribution in [1.29, 1.82) is 0 Å². The lowest BCUT2D eigenvalue weighted by molar-refractivity contribution is 1.00. The molecule has 0 amide bonds. The first-order valence-electron chi connectivity index (χ1n) is 16.6. The molecular formula is C45H32N4. The minimum absolute atomic E-state index is 0.639. The lowest BCUT2D eigenvalue weighted by atomic mass is 9.99. The molecule has 0 unspecified atom stereocenters. The summed E-state index contributed by atoms with van der Waals surface area (Å²) in [6.45, 7) is 4.40. The molecule has 3 aromatic heterocycles. The summed E-state index contributed by atoms with van der Waals surface area (Å²) in [5.41, 5.74) is 10.5. The molecule has 0 atom stereocenters. The van der Waals surface area contributed by atoms with Gasteiger partial charge < -0.3 is 4.57 Å². The van der Waals surface area contributed by atoms with Gasteiger partial charge in [-0.2, -0.15) is 0 Å². The van der Waals surface area contributed by atoms with Crippen LogP contribution < -0.4 is 0 Å². The van der Waals surface area contributed by atoms with Crippen LogP contribution in [0.5, 0.6) is 0 Å². The number of rotatable bonds is 4. The van der Waals surface area contributed by atoms with Crippen molar-refractivity contribution in [3.05, 3.63) is 193 Å². The highest BCUT2D eigenvalue weighted by molar-refractivity contribution is 6.21. The molecule has 0 radical (unpaired) electrons. The molecule has 1 aliphatic rings. The Hall–Kier alpha value is -6.52. The summed E-state index contributed by atoms with van der Waals surface area (Å²) in [7, 11) is 0. The van der Waals surface area contributed by atoms with Gasteiger partial charge in [-0.25, -0.2) is 9.97 Å². The number of nitrogens with zero attached hydrogens (tertiary/aromatic N) is 4. The van der Waals surface area contributed by atoms with E-state index in [0.29, 0.717) is 5.95 Å². The van der Waals surface area contributed by atoms with Crippen LogP contribution in [0.2, 0.25) is 0 Å². The van der Waals surface area contributed by atoms with E-state index in [2.05, 4.69) is 174 Å². The molecule has 0 bridgehead atoms. The predicted octanol–water partition coefficient (Wildman–Crippen LogP) is 11.2. The normalized spacial score (nSPS) is 16.1. The number of aromatic nitrogens is 4. The molecule has 232 valence electrons. The molecule has 3 heterocycles. The van der Waals surface area contributed by atoms with Crippen molar-refractivity contribution in [2.24, 2.45) is 0 Å². The Bertz CT molecular complexity index is 2680. The first kappa shape index (κ1) is 28.7. The average molecular weight is 629 g/mol. The smallest absolute Gasteiger partial charge is 0.235 e. The van der Waals surface area contributed by atoms with Crippen LogP contribution in [0, 0.1) is 0 Å². The molecule has 49 heavy (non-hydrogen) atoms. The zero-order valence-electron chi connectivity index (χ0n) is 26.9. The van der Waals surface area contributed by atoms with Crippen molar-refractivity contribution < 1.29 is 0 Å². The molecule has 9 rings (SSSR count). The third kappa shape index (κ3) is 5.02. The van der Waals surface area contributed by atoms with Crippen molar-refractivity contribution in [1.82, 2.24) is 19.1 Å². The van der Waals surface area contributed by atoms with E-state index in [1.807, 2.05) is 12.1 Å². The fraction of sp³-hybridized carbons (Fsp3) is 0.0222. The van der Waals surface area contributed by atoms with Gasteiger partial charge in [-0.1, -0.05) is 122 Å². The highest BCUT2D eigenvalue weighted by Gasteiger charge is 2.20. The fourth-order valence-electron chi connectivity index (χ4n) is 7.04. The lowest BCUT2D eigenvalue weighted by Crippen LogP contribution is -2.05. The van der Waals surface area contributed by atoms with E-state index in [1.54, 1.807) is 0 Å². The third-order valence-corrected chi connectivity index (χ3v) is 9.30. The molecule has 0 fully saturated rings. The first-order valence-corrected chi connectivity index (χ1v) is 16.6. The highest BCUT2D eigenvalue weighted by atomic mass is 15.2. The SMILES string of the molecule is C=C1C=C(c2nc(-n3c4ccccc4c4c5ccn(-c6ccccc6)c5ccc43)nc3ccccc23)/C=C\C/C=C(c2ccccc2)\C=C/1. The average Bonchev–Trinajstić information content (AvgIpc) is 3.74. The summed E-state index contributed by atoms with van der Waals surface area (Å²) in [6.07, 6.45) is 15.9. The van der Waals surface area contributed by atoms with Gasteiger partial charge in [0.05, 0.1) is 27.8 Å². The van der Waals surface area contributed by atoms with Crippen LogP contribution in [-0.4, -0.2) is 19.1 Å². The molecule has 0 aliphatic heterocycles. The van der Waals surface area contributed by atoms with Crippen LogP contribution in [0.1, 0.15) is 17.7 Å². The molecule has 4 nitrogen and oxygen atoms in total. The minimum atomic E-state index is 0.639. The van der Waals surface area contributed by atoms with Crippen LogP contribution in [0.25, 0.3) is 66.4 Å². The van der Waals surface area contributed by atoms with E-state index < -0.39 is 0 Å². The Balaban J connectivity index is 1.23. The molecule has 5 aromatic carbocycles. The van der Waals surface area contributed by atoms with Crippen LogP contribution in [-0.2, 0) is 0 Å². The number of hydrogen-bond acceptors (Lipinski definition) is 2. The molecule has 0 spiro atoms. The van der Waals surface area contributed by atoms with Crippen molar-refractivity contribution in [2.45, 2.75) is 6.42 Å². The van der Waals surface area contributed by atoms with E-state index in [1.165, 1.54) is 27.3 Å². The minimum Gasteiger partial charge on any atom is -0.317 e. The largest absolute Gasteiger partial charge is 0.317 e. The monoisotopic (exact) mass is 628 g/mol. The Kier molecular flexibility index (Phi) is 6.98. The zero-order chi connectivity index (χ0) is 32.7. The number of benzene rings is 5. The van der Waals surface area contributed by atoms with Crippen molar-refractivity contribution in [2.75, 3.05) is 0 Å². The van der Waals surface area contributed by atoms with E-state index in [-0.39, 0.29) is 0 Å². The van der Waals surface area contributed by atoms with Gasteiger partial charge in [0.2, 0.25) is 5.95 Å². The van der Waals surface area contributed by atoms with Crippen LogP contribution in [0.4, 0.5) is 0 Å². The summed E-state index contributed by atoms with van der Waals surface area (Å²) < 4.78 is 4.47. The maximum atomic E-state index is 5.37. The maximum Gasteiger partial charge on any atom is 0.235 e. The first-order chi connectivity index (χ1) is 24.2. The van der Waals surface area contributed by atoms with E-state index >= 15 is 0 Å². The summed E-state index contributed by atoms with van der Waals surface area (Å²) >= 11 is 0. The Morgan fingerprint density at radius 1 is 0.571 bits per heavy atom. The van der Waals surface area contributed by atoms with E-state index in [0.717, 1.165) is 56.4 Å². The van der Waals surface area contributed by atoms with Crippen LogP contribution in [0.15, 0.2) is 182 Å². The van der Waals surface area contributed by atoms with Gasteiger partial charge in [0, 0.05) is 39.0 Å². The molecule has 1 aliphatic carbocycles. The second kappa shape index (κ2) is 11.9. The zero-order valence-corrected chi connectivity index (χ0v) is 26.9. The number of hydrogen-bond donors (Lipinski definition) is 0. The predicted molar refractivity (Wildman–Crippen MR) is 205 cm³/mol. The van der Waals surface area contributed by atoms with E-state index in [4.69, 9.17) is 9.97 Å². The summed E-state index contributed by atoms with van der Waals surface area (Å²) in [6, 6.07) is 44.5. The second-order valence-electron chi connectivity index (χ2n) is 12.3. The standard InChI is InChI=1S/C45H32N4/c1-31-24-25-33(32-14-4-2-5-15-32)16-8-9-17-34(30-31)44-36-20-10-12-22-39(36)46-45(47-44)49-41-23-13-11-21-37(41)43-38-28-29-48(35-18-6-3-7-19-35)40(38)26-27-42(43)49/h2-7,9-30H,1,8H2/b17-9-,25-24-,33-16+,34-30?. The molecule has 8 aromatic rings. The topological polar surface area (TPSA) is 35.6 Å². The van der Waals surface area contributed by atoms with Crippen molar-refractivity contribution in [3.8, 4) is 11.6 Å². The van der Waals surface area contributed by atoms with Gasteiger partial charge in [0.25, 0.3) is 0 Å².